The molecule has 7 heteroatoms. The molecule has 3 aromatic rings. The molecular formula is C19H20ClN3O2S. The van der Waals surface area contributed by atoms with E-state index in [-0.39, 0.29) is 9.79 Å². The van der Waals surface area contributed by atoms with Crippen LogP contribution in [0.5, 0.6) is 0 Å². The van der Waals surface area contributed by atoms with Crippen LogP contribution in [0, 0.1) is 6.92 Å². The molecule has 1 aromatic carbocycles. The second kappa shape index (κ2) is 6.68. The summed E-state index contributed by atoms with van der Waals surface area (Å²) in [7, 11) is -3.70. The summed E-state index contributed by atoms with van der Waals surface area (Å²) >= 11 is 6.42. The van der Waals surface area contributed by atoms with Gasteiger partial charge in [0.1, 0.15) is 10.5 Å². The largest absolute Gasteiger partial charge is 0.327 e. The fourth-order valence-corrected chi connectivity index (χ4v) is 5.72. The van der Waals surface area contributed by atoms with E-state index < -0.39 is 9.84 Å². The van der Waals surface area contributed by atoms with E-state index in [9.17, 15) is 8.42 Å². The van der Waals surface area contributed by atoms with Crippen molar-refractivity contribution < 1.29 is 8.42 Å². The van der Waals surface area contributed by atoms with Crippen molar-refractivity contribution in [1.82, 2.24) is 14.9 Å². The Balaban J connectivity index is 1.96. The molecule has 0 spiro atoms. The number of fused-ring (bicyclic) bond motifs is 1. The van der Waals surface area contributed by atoms with Gasteiger partial charge >= 0.3 is 0 Å². The number of halogens is 1. The molecule has 0 aliphatic carbocycles. The summed E-state index contributed by atoms with van der Waals surface area (Å²) in [6.45, 7) is 3.51. The molecule has 0 bridgehead atoms. The Morgan fingerprint density at radius 3 is 2.73 bits per heavy atom. The second-order valence-corrected chi connectivity index (χ2v) is 8.92. The zero-order valence-electron chi connectivity index (χ0n) is 14.4. The third-order valence-electron chi connectivity index (χ3n) is 4.98. The van der Waals surface area contributed by atoms with Crippen LogP contribution in [0.4, 0.5) is 0 Å². The number of hydrogen-bond donors (Lipinski definition) is 1. The topological polar surface area (TPSA) is 64.0 Å². The highest BCUT2D eigenvalue weighted by Crippen LogP contribution is 2.37. The maximum Gasteiger partial charge on any atom is 0.209 e. The number of nitrogens with one attached hydrogen (secondary N) is 1. The molecule has 4 rings (SSSR count). The summed E-state index contributed by atoms with van der Waals surface area (Å²) in [6.07, 6.45) is 3.83. The van der Waals surface area contributed by atoms with Crippen molar-refractivity contribution >= 4 is 32.5 Å². The standard InChI is InChI=1S/C19H20ClN3O2S/c1-13-18(26(24,25)15-7-3-2-4-8-15)17-16(20)9-11-22-19(17)23(13)12-14-6-5-10-21-14/h2-4,7-9,11,14,21H,5-6,10,12H2,1H3/t14-/m1/s1. The average molecular weight is 390 g/mol. The third-order valence-corrected chi connectivity index (χ3v) is 7.23. The summed E-state index contributed by atoms with van der Waals surface area (Å²) in [5.41, 5.74) is 1.30. The number of aromatic nitrogens is 2. The molecule has 0 amide bonds. The van der Waals surface area contributed by atoms with Crippen LogP contribution in [-0.2, 0) is 16.4 Å². The lowest BCUT2D eigenvalue weighted by atomic mass is 10.2. The van der Waals surface area contributed by atoms with Crippen molar-refractivity contribution in [3.63, 3.8) is 0 Å². The van der Waals surface area contributed by atoms with Crippen molar-refractivity contribution in [1.29, 1.82) is 0 Å². The van der Waals surface area contributed by atoms with Gasteiger partial charge in [-0.05, 0) is 44.5 Å². The molecule has 1 aliphatic rings. The highest BCUT2D eigenvalue weighted by atomic mass is 35.5. The molecule has 1 aliphatic heterocycles. The molecule has 26 heavy (non-hydrogen) atoms. The van der Waals surface area contributed by atoms with E-state index in [4.69, 9.17) is 11.6 Å². The van der Waals surface area contributed by atoms with Crippen LogP contribution in [0.3, 0.4) is 0 Å². The van der Waals surface area contributed by atoms with E-state index in [2.05, 4.69) is 10.3 Å². The lowest BCUT2D eigenvalue weighted by molar-refractivity contribution is 0.508. The summed E-state index contributed by atoms with van der Waals surface area (Å²) < 4.78 is 28.7. The average Bonchev–Trinajstić information content (AvgIpc) is 3.24. The molecule has 0 saturated carbocycles. The zero-order chi connectivity index (χ0) is 18.3. The van der Waals surface area contributed by atoms with E-state index >= 15 is 0 Å². The highest BCUT2D eigenvalue weighted by Gasteiger charge is 2.30. The fourth-order valence-electron chi connectivity index (χ4n) is 3.71. The van der Waals surface area contributed by atoms with Crippen molar-refractivity contribution in [3.8, 4) is 0 Å². The Bertz CT molecular complexity index is 1060. The van der Waals surface area contributed by atoms with Gasteiger partial charge in [-0.15, -0.1) is 0 Å². The predicted molar refractivity (Wildman–Crippen MR) is 102 cm³/mol. The van der Waals surface area contributed by atoms with Crippen molar-refractivity contribution in [2.45, 2.75) is 42.1 Å². The smallest absolute Gasteiger partial charge is 0.209 e. The van der Waals surface area contributed by atoms with Gasteiger partial charge in [-0.25, -0.2) is 13.4 Å². The zero-order valence-corrected chi connectivity index (χ0v) is 16.0. The number of benzene rings is 1. The number of hydrogen-bond acceptors (Lipinski definition) is 4. The normalized spacial score (nSPS) is 17.8. The monoisotopic (exact) mass is 389 g/mol. The van der Waals surface area contributed by atoms with Crippen molar-refractivity contribution in [3.05, 3.63) is 53.3 Å². The fraction of sp³-hybridized carbons (Fsp3) is 0.316. The van der Waals surface area contributed by atoms with Gasteiger partial charge < -0.3 is 9.88 Å². The molecule has 5 nitrogen and oxygen atoms in total. The van der Waals surface area contributed by atoms with Crippen LogP contribution in [0.1, 0.15) is 18.5 Å². The van der Waals surface area contributed by atoms with Gasteiger partial charge in [0.15, 0.2) is 0 Å². The van der Waals surface area contributed by atoms with E-state index in [0.717, 1.165) is 19.4 Å². The Kier molecular flexibility index (Phi) is 4.50. The van der Waals surface area contributed by atoms with Crippen LogP contribution < -0.4 is 5.32 Å². The Morgan fingerprint density at radius 1 is 1.27 bits per heavy atom. The van der Waals surface area contributed by atoms with E-state index in [0.29, 0.717) is 34.3 Å². The van der Waals surface area contributed by atoms with E-state index in [1.165, 1.54) is 0 Å². The van der Waals surface area contributed by atoms with Crippen LogP contribution in [-0.4, -0.2) is 30.6 Å². The second-order valence-electron chi connectivity index (χ2n) is 6.63. The predicted octanol–water partition coefficient (Wildman–Crippen LogP) is 3.58. The molecule has 0 unspecified atom stereocenters. The highest BCUT2D eigenvalue weighted by molar-refractivity contribution is 7.91. The molecular weight excluding hydrogens is 370 g/mol. The third kappa shape index (κ3) is 2.82. The number of pyridine rings is 1. The van der Waals surface area contributed by atoms with Gasteiger partial charge in [-0.3, -0.25) is 0 Å². The van der Waals surface area contributed by atoms with Gasteiger partial charge in [0, 0.05) is 24.5 Å². The van der Waals surface area contributed by atoms with Crippen molar-refractivity contribution in [2.24, 2.45) is 0 Å². The first-order chi connectivity index (χ1) is 12.5. The minimum Gasteiger partial charge on any atom is -0.327 e. The molecule has 2 aromatic heterocycles. The molecule has 1 atom stereocenters. The quantitative estimate of drug-likeness (QED) is 0.740. The summed E-state index contributed by atoms with van der Waals surface area (Å²) in [6, 6.07) is 10.4. The number of nitrogens with zero attached hydrogens (tertiary/aromatic N) is 2. The first-order valence-electron chi connectivity index (χ1n) is 8.67. The lowest BCUT2D eigenvalue weighted by Gasteiger charge is -2.14. The Labute approximate surface area is 157 Å². The van der Waals surface area contributed by atoms with Crippen LogP contribution in [0.15, 0.2) is 52.4 Å². The number of sulfone groups is 1. The van der Waals surface area contributed by atoms with Gasteiger partial charge in [0.05, 0.1) is 15.3 Å². The molecule has 1 saturated heterocycles. The first-order valence-corrected chi connectivity index (χ1v) is 10.5. The van der Waals surface area contributed by atoms with E-state index in [1.807, 2.05) is 11.5 Å². The van der Waals surface area contributed by atoms with Crippen LogP contribution >= 0.6 is 11.6 Å². The summed E-state index contributed by atoms with van der Waals surface area (Å²) in [5, 5.41) is 4.38. The maximum absolute atomic E-state index is 13.4. The molecule has 1 N–H and O–H groups in total. The van der Waals surface area contributed by atoms with Gasteiger partial charge in [-0.2, -0.15) is 0 Å². The lowest BCUT2D eigenvalue weighted by Crippen LogP contribution is -2.27. The molecule has 3 heterocycles. The summed E-state index contributed by atoms with van der Waals surface area (Å²) in [5.74, 6) is 0. The van der Waals surface area contributed by atoms with Crippen molar-refractivity contribution in [2.75, 3.05) is 6.54 Å². The Morgan fingerprint density at radius 2 is 2.04 bits per heavy atom. The molecule has 136 valence electrons. The first kappa shape index (κ1) is 17.5. The van der Waals surface area contributed by atoms with Crippen LogP contribution in [0.2, 0.25) is 5.02 Å². The maximum atomic E-state index is 13.4. The van der Waals surface area contributed by atoms with Crippen LogP contribution in [0.25, 0.3) is 11.0 Å². The summed E-state index contributed by atoms with van der Waals surface area (Å²) in [4.78, 5) is 4.98. The minimum absolute atomic E-state index is 0.259. The Hall–Kier alpha value is -1.89. The van der Waals surface area contributed by atoms with E-state index in [1.54, 1.807) is 42.6 Å². The van der Waals surface area contributed by atoms with Gasteiger partial charge in [0.25, 0.3) is 0 Å². The minimum atomic E-state index is -3.70. The molecule has 0 radical (unpaired) electrons. The van der Waals surface area contributed by atoms with Gasteiger partial charge in [-0.1, -0.05) is 29.8 Å². The molecule has 1 fully saturated rings. The van der Waals surface area contributed by atoms with Gasteiger partial charge in [0.2, 0.25) is 9.84 Å². The number of rotatable bonds is 4. The SMILES string of the molecule is Cc1c(S(=O)(=O)c2ccccc2)c2c(Cl)ccnc2n1C[C@H]1CCCN1.